The van der Waals surface area contributed by atoms with Crippen LogP contribution in [-0.2, 0) is 6.54 Å². The highest BCUT2D eigenvalue weighted by Crippen LogP contribution is 2.29. The quantitative estimate of drug-likeness (QED) is 0.747. The first-order valence-corrected chi connectivity index (χ1v) is 9.80. The van der Waals surface area contributed by atoms with Gasteiger partial charge in [-0.25, -0.2) is 4.98 Å². The van der Waals surface area contributed by atoms with Crippen LogP contribution < -0.4 is 5.73 Å². The van der Waals surface area contributed by atoms with E-state index in [-0.39, 0.29) is 5.91 Å². The highest BCUT2D eigenvalue weighted by atomic mass is 16.2. The Bertz CT molecular complexity index is 1030. The van der Waals surface area contributed by atoms with Gasteiger partial charge in [0.05, 0.1) is 23.6 Å². The predicted molar refractivity (Wildman–Crippen MR) is 110 cm³/mol. The molecule has 29 heavy (non-hydrogen) atoms. The summed E-state index contributed by atoms with van der Waals surface area (Å²) in [6.07, 6.45) is 7.13. The lowest BCUT2D eigenvalue weighted by Crippen LogP contribution is -2.38. The van der Waals surface area contributed by atoms with Crippen molar-refractivity contribution in [3.63, 3.8) is 0 Å². The minimum Gasteiger partial charge on any atom is -0.339 e. The van der Waals surface area contributed by atoms with Crippen molar-refractivity contribution in [3.05, 3.63) is 83.4 Å². The summed E-state index contributed by atoms with van der Waals surface area (Å²) in [5.74, 6) is 0.473. The molecular formula is C23H23N5O. The van der Waals surface area contributed by atoms with Crippen molar-refractivity contribution in [2.45, 2.75) is 25.3 Å². The average Bonchev–Trinajstić information content (AvgIpc) is 3.33. The smallest absolute Gasteiger partial charge is 0.253 e. The van der Waals surface area contributed by atoms with Crippen LogP contribution in [0.5, 0.6) is 0 Å². The molecular weight excluding hydrogens is 362 g/mol. The van der Waals surface area contributed by atoms with Crippen molar-refractivity contribution in [2.24, 2.45) is 5.73 Å². The number of imidazole rings is 1. The summed E-state index contributed by atoms with van der Waals surface area (Å²) in [4.78, 5) is 19.1. The number of piperidine rings is 1. The fourth-order valence-corrected chi connectivity index (χ4v) is 3.94. The van der Waals surface area contributed by atoms with Gasteiger partial charge < -0.3 is 15.2 Å². The van der Waals surface area contributed by atoms with E-state index in [0.29, 0.717) is 23.6 Å². The first kappa shape index (κ1) is 18.9. The second-order valence-corrected chi connectivity index (χ2v) is 7.32. The third kappa shape index (κ3) is 3.91. The number of nitrogens with two attached hydrogens (primary N) is 1. The Morgan fingerprint density at radius 2 is 1.93 bits per heavy atom. The Hall–Kier alpha value is -3.43. The zero-order valence-electron chi connectivity index (χ0n) is 16.2. The SMILES string of the molecule is N#Cc1ccc(C2CCN(C(=O)c3ccc(CN)c(-n4ccnc4)c3)CC2)cc1. The summed E-state index contributed by atoms with van der Waals surface area (Å²) < 4.78 is 1.89. The number of benzene rings is 2. The van der Waals surface area contributed by atoms with E-state index in [1.165, 1.54) is 5.56 Å². The molecule has 3 aromatic rings. The minimum atomic E-state index is 0.0493. The second kappa shape index (κ2) is 8.29. The van der Waals surface area contributed by atoms with Crippen LogP contribution in [0.4, 0.5) is 0 Å². The molecule has 0 saturated carbocycles. The van der Waals surface area contributed by atoms with Crippen molar-refractivity contribution >= 4 is 5.91 Å². The minimum absolute atomic E-state index is 0.0493. The number of nitriles is 1. The van der Waals surface area contributed by atoms with Crippen LogP contribution in [0.3, 0.4) is 0 Å². The Kier molecular flexibility index (Phi) is 5.41. The fourth-order valence-electron chi connectivity index (χ4n) is 3.94. The molecule has 0 aliphatic carbocycles. The fraction of sp³-hybridized carbons (Fsp3) is 0.261. The topological polar surface area (TPSA) is 87.9 Å². The van der Waals surface area contributed by atoms with Crippen LogP contribution in [0.15, 0.2) is 61.2 Å². The van der Waals surface area contributed by atoms with Crippen molar-refractivity contribution < 1.29 is 4.79 Å². The van der Waals surface area contributed by atoms with Gasteiger partial charge in [0.15, 0.2) is 0 Å². The van der Waals surface area contributed by atoms with E-state index in [4.69, 9.17) is 11.0 Å². The molecule has 2 aromatic carbocycles. The van der Waals surface area contributed by atoms with Crippen molar-refractivity contribution in [1.82, 2.24) is 14.5 Å². The molecule has 6 heteroatoms. The van der Waals surface area contributed by atoms with E-state index in [9.17, 15) is 4.79 Å². The highest BCUT2D eigenvalue weighted by Gasteiger charge is 2.25. The molecule has 6 nitrogen and oxygen atoms in total. The molecule has 1 aromatic heterocycles. The average molecular weight is 385 g/mol. The lowest BCUT2D eigenvalue weighted by Gasteiger charge is -2.32. The van der Waals surface area contributed by atoms with Crippen molar-refractivity contribution in [1.29, 1.82) is 5.26 Å². The molecule has 1 aliphatic rings. The monoisotopic (exact) mass is 385 g/mol. The van der Waals surface area contributed by atoms with Gasteiger partial charge >= 0.3 is 0 Å². The van der Waals surface area contributed by atoms with Crippen molar-refractivity contribution in [3.8, 4) is 11.8 Å². The summed E-state index contributed by atoms with van der Waals surface area (Å²) in [5.41, 5.74) is 10.3. The van der Waals surface area contributed by atoms with E-state index >= 15 is 0 Å². The summed E-state index contributed by atoms with van der Waals surface area (Å²) in [6, 6.07) is 15.6. The standard InChI is InChI=1S/C23H23N5O/c24-14-17-1-3-18(4-2-17)19-7-10-27(11-8-19)23(29)20-5-6-21(15-25)22(13-20)28-12-9-26-16-28/h1-6,9,12-13,16,19H,7-8,10-11,15,25H2. The number of rotatable bonds is 4. The van der Waals surface area contributed by atoms with Gasteiger partial charge in [0.25, 0.3) is 5.91 Å². The van der Waals surface area contributed by atoms with Gasteiger partial charge in [0.1, 0.15) is 0 Å². The molecule has 1 saturated heterocycles. The molecule has 0 atom stereocenters. The van der Waals surface area contributed by atoms with Gasteiger partial charge in [-0.2, -0.15) is 5.26 Å². The van der Waals surface area contributed by atoms with Crippen LogP contribution in [0.25, 0.3) is 5.69 Å². The Morgan fingerprint density at radius 3 is 2.55 bits per heavy atom. The molecule has 1 fully saturated rings. The summed E-state index contributed by atoms with van der Waals surface area (Å²) in [7, 11) is 0. The summed E-state index contributed by atoms with van der Waals surface area (Å²) in [6.45, 7) is 1.85. The molecule has 4 rings (SSSR count). The van der Waals surface area contributed by atoms with E-state index in [0.717, 1.165) is 37.2 Å². The third-order valence-corrected chi connectivity index (χ3v) is 5.63. The number of carbonyl (C=O) groups excluding carboxylic acids is 1. The largest absolute Gasteiger partial charge is 0.339 e. The van der Waals surface area contributed by atoms with E-state index in [1.54, 1.807) is 12.5 Å². The number of aromatic nitrogens is 2. The Balaban J connectivity index is 1.47. The van der Waals surface area contributed by atoms with E-state index < -0.39 is 0 Å². The van der Waals surface area contributed by atoms with Crippen LogP contribution in [0.2, 0.25) is 0 Å². The third-order valence-electron chi connectivity index (χ3n) is 5.63. The van der Waals surface area contributed by atoms with E-state index in [1.807, 2.05) is 58.1 Å². The van der Waals surface area contributed by atoms with Gasteiger partial charge in [0, 0.05) is 37.6 Å². The summed E-state index contributed by atoms with van der Waals surface area (Å²) >= 11 is 0. The van der Waals surface area contributed by atoms with Crippen LogP contribution in [-0.4, -0.2) is 33.4 Å². The molecule has 0 radical (unpaired) electrons. The molecule has 1 aliphatic heterocycles. The molecule has 0 unspecified atom stereocenters. The van der Waals surface area contributed by atoms with Crippen molar-refractivity contribution in [2.75, 3.05) is 13.1 Å². The predicted octanol–water partition coefficient (Wildman–Crippen LogP) is 3.22. The van der Waals surface area contributed by atoms with Crippen LogP contribution in [0, 0.1) is 11.3 Å². The molecule has 1 amide bonds. The van der Waals surface area contributed by atoms with Crippen LogP contribution >= 0.6 is 0 Å². The van der Waals surface area contributed by atoms with E-state index in [2.05, 4.69) is 11.1 Å². The lowest BCUT2D eigenvalue weighted by atomic mass is 9.89. The maximum Gasteiger partial charge on any atom is 0.253 e. The molecule has 146 valence electrons. The van der Waals surface area contributed by atoms with Crippen LogP contribution in [0.1, 0.15) is 45.8 Å². The van der Waals surface area contributed by atoms with Gasteiger partial charge in [-0.1, -0.05) is 18.2 Å². The van der Waals surface area contributed by atoms with Gasteiger partial charge in [-0.05, 0) is 54.2 Å². The molecule has 2 N–H and O–H groups in total. The Labute approximate surface area is 170 Å². The lowest BCUT2D eigenvalue weighted by molar-refractivity contribution is 0.0713. The first-order chi connectivity index (χ1) is 14.2. The van der Waals surface area contributed by atoms with Gasteiger partial charge in [0.2, 0.25) is 0 Å². The maximum atomic E-state index is 13.1. The number of carbonyl (C=O) groups is 1. The summed E-state index contributed by atoms with van der Waals surface area (Å²) in [5, 5.41) is 8.95. The number of likely N-dealkylation sites (tertiary alicyclic amines) is 1. The molecule has 2 heterocycles. The molecule has 0 bridgehead atoms. The zero-order valence-corrected chi connectivity index (χ0v) is 16.2. The first-order valence-electron chi connectivity index (χ1n) is 9.80. The normalized spacial score (nSPS) is 14.6. The number of hydrogen-bond donors (Lipinski definition) is 1. The van der Waals surface area contributed by atoms with Gasteiger partial charge in [-0.15, -0.1) is 0 Å². The molecule has 0 spiro atoms. The second-order valence-electron chi connectivity index (χ2n) is 7.32. The number of amides is 1. The van der Waals surface area contributed by atoms with Gasteiger partial charge in [-0.3, -0.25) is 4.79 Å². The Morgan fingerprint density at radius 1 is 1.17 bits per heavy atom. The maximum absolute atomic E-state index is 13.1. The zero-order chi connectivity index (χ0) is 20.2. The highest BCUT2D eigenvalue weighted by molar-refractivity contribution is 5.95. The number of nitrogens with zero attached hydrogens (tertiary/aromatic N) is 4. The number of hydrogen-bond acceptors (Lipinski definition) is 4.